The number of benzene rings is 2. The summed E-state index contributed by atoms with van der Waals surface area (Å²) in [6.07, 6.45) is 0.862. The number of amides is 2. The SMILES string of the molecule is CCc1cc(C(=O)Nc2ccc(C(N)=O)cc2)sc1-c1ccccc1. The second-order valence-corrected chi connectivity index (χ2v) is 6.63. The number of carbonyl (C=O) groups is 2. The van der Waals surface area contributed by atoms with Gasteiger partial charge in [0.05, 0.1) is 4.88 Å². The molecule has 0 radical (unpaired) electrons. The summed E-state index contributed by atoms with van der Waals surface area (Å²) in [5.74, 6) is -0.648. The fourth-order valence-corrected chi connectivity index (χ4v) is 3.70. The number of primary amides is 1. The lowest BCUT2D eigenvalue weighted by Gasteiger charge is -2.04. The second kappa shape index (κ2) is 7.32. The molecule has 5 heteroatoms. The van der Waals surface area contributed by atoms with Gasteiger partial charge in [-0.2, -0.15) is 0 Å². The molecule has 0 aliphatic heterocycles. The number of aryl methyl sites for hydroxylation is 1. The van der Waals surface area contributed by atoms with Gasteiger partial charge in [0.15, 0.2) is 0 Å². The normalized spacial score (nSPS) is 10.4. The van der Waals surface area contributed by atoms with Crippen LogP contribution in [0.5, 0.6) is 0 Å². The Balaban J connectivity index is 1.83. The number of nitrogens with two attached hydrogens (primary N) is 1. The van der Waals surface area contributed by atoms with E-state index in [4.69, 9.17) is 5.73 Å². The van der Waals surface area contributed by atoms with E-state index in [1.165, 1.54) is 11.3 Å². The van der Waals surface area contributed by atoms with Gasteiger partial charge >= 0.3 is 0 Å². The van der Waals surface area contributed by atoms with Crippen molar-refractivity contribution in [2.75, 3.05) is 5.32 Å². The molecule has 1 heterocycles. The van der Waals surface area contributed by atoms with Gasteiger partial charge in [-0.05, 0) is 47.9 Å². The lowest BCUT2D eigenvalue weighted by Crippen LogP contribution is -2.12. The van der Waals surface area contributed by atoms with E-state index in [9.17, 15) is 9.59 Å². The van der Waals surface area contributed by atoms with Crippen molar-refractivity contribution in [3.8, 4) is 10.4 Å². The Bertz CT molecular complexity index is 899. The third-order valence-electron chi connectivity index (χ3n) is 3.88. The number of carbonyl (C=O) groups excluding carboxylic acids is 2. The van der Waals surface area contributed by atoms with Gasteiger partial charge in [0.2, 0.25) is 5.91 Å². The van der Waals surface area contributed by atoms with Crippen LogP contribution in [-0.2, 0) is 6.42 Å². The number of thiophene rings is 1. The monoisotopic (exact) mass is 350 g/mol. The Hall–Kier alpha value is -2.92. The minimum absolute atomic E-state index is 0.159. The number of hydrogen-bond donors (Lipinski definition) is 2. The Morgan fingerprint density at radius 3 is 2.32 bits per heavy atom. The fourth-order valence-electron chi connectivity index (χ4n) is 2.55. The van der Waals surface area contributed by atoms with Crippen LogP contribution in [0.2, 0.25) is 0 Å². The summed E-state index contributed by atoms with van der Waals surface area (Å²) in [6.45, 7) is 2.08. The summed E-state index contributed by atoms with van der Waals surface area (Å²) >= 11 is 1.49. The molecule has 2 aromatic carbocycles. The third-order valence-corrected chi connectivity index (χ3v) is 5.10. The van der Waals surface area contributed by atoms with Crippen molar-refractivity contribution in [1.82, 2.24) is 0 Å². The van der Waals surface area contributed by atoms with E-state index in [2.05, 4.69) is 24.4 Å². The molecule has 3 rings (SSSR count). The zero-order valence-corrected chi connectivity index (χ0v) is 14.6. The average molecular weight is 350 g/mol. The molecule has 0 saturated heterocycles. The molecule has 3 N–H and O–H groups in total. The summed E-state index contributed by atoms with van der Waals surface area (Å²) in [6, 6.07) is 18.5. The average Bonchev–Trinajstić information content (AvgIpc) is 3.07. The summed E-state index contributed by atoms with van der Waals surface area (Å²) in [5, 5.41) is 2.86. The highest BCUT2D eigenvalue weighted by atomic mass is 32.1. The van der Waals surface area contributed by atoms with Crippen LogP contribution in [-0.4, -0.2) is 11.8 Å². The van der Waals surface area contributed by atoms with E-state index in [-0.39, 0.29) is 5.91 Å². The minimum Gasteiger partial charge on any atom is -0.366 e. The van der Waals surface area contributed by atoms with Crippen LogP contribution < -0.4 is 11.1 Å². The highest BCUT2D eigenvalue weighted by molar-refractivity contribution is 7.17. The largest absolute Gasteiger partial charge is 0.366 e. The maximum atomic E-state index is 12.6. The lowest BCUT2D eigenvalue weighted by atomic mass is 10.1. The van der Waals surface area contributed by atoms with Crippen molar-refractivity contribution in [3.05, 3.63) is 76.7 Å². The smallest absolute Gasteiger partial charge is 0.265 e. The molecule has 0 atom stereocenters. The molecule has 1 aromatic heterocycles. The Morgan fingerprint density at radius 2 is 1.72 bits per heavy atom. The summed E-state index contributed by atoms with van der Waals surface area (Å²) in [4.78, 5) is 25.4. The molecule has 0 aliphatic carbocycles. The van der Waals surface area contributed by atoms with E-state index in [0.29, 0.717) is 16.1 Å². The Kier molecular flexibility index (Phi) is 4.95. The van der Waals surface area contributed by atoms with Crippen LogP contribution >= 0.6 is 11.3 Å². The van der Waals surface area contributed by atoms with Crippen molar-refractivity contribution in [3.63, 3.8) is 0 Å². The van der Waals surface area contributed by atoms with E-state index in [1.807, 2.05) is 24.3 Å². The van der Waals surface area contributed by atoms with Crippen molar-refractivity contribution in [1.29, 1.82) is 0 Å². The van der Waals surface area contributed by atoms with Gasteiger partial charge in [-0.15, -0.1) is 11.3 Å². The van der Waals surface area contributed by atoms with Gasteiger partial charge in [0, 0.05) is 16.1 Å². The summed E-state index contributed by atoms with van der Waals surface area (Å²) < 4.78 is 0. The Morgan fingerprint density at radius 1 is 1.04 bits per heavy atom. The predicted molar refractivity (Wildman–Crippen MR) is 102 cm³/mol. The maximum absolute atomic E-state index is 12.6. The van der Waals surface area contributed by atoms with Crippen molar-refractivity contribution in [2.24, 2.45) is 5.73 Å². The van der Waals surface area contributed by atoms with Gasteiger partial charge in [-0.3, -0.25) is 9.59 Å². The predicted octanol–water partition coefficient (Wildman–Crippen LogP) is 4.33. The highest BCUT2D eigenvalue weighted by Gasteiger charge is 2.15. The summed E-state index contributed by atoms with van der Waals surface area (Å²) in [7, 11) is 0. The molecule has 0 unspecified atom stereocenters. The second-order valence-electron chi connectivity index (χ2n) is 5.58. The van der Waals surface area contributed by atoms with Crippen LogP contribution in [0.4, 0.5) is 5.69 Å². The number of anilines is 1. The zero-order chi connectivity index (χ0) is 17.8. The molecule has 0 saturated carbocycles. The molecule has 0 fully saturated rings. The topological polar surface area (TPSA) is 72.2 Å². The van der Waals surface area contributed by atoms with Gasteiger partial charge in [-0.1, -0.05) is 37.3 Å². The molecule has 3 aromatic rings. The van der Waals surface area contributed by atoms with Gasteiger partial charge in [0.25, 0.3) is 5.91 Å². The number of nitrogens with one attached hydrogen (secondary N) is 1. The van der Waals surface area contributed by atoms with Crippen LogP contribution in [0.15, 0.2) is 60.7 Å². The van der Waals surface area contributed by atoms with Crippen LogP contribution in [0.3, 0.4) is 0 Å². The molecule has 2 amide bonds. The van der Waals surface area contributed by atoms with Crippen molar-refractivity contribution >= 4 is 28.8 Å². The molecule has 0 aliphatic rings. The highest BCUT2D eigenvalue weighted by Crippen LogP contribution is 2.33. The van der Waals surface area contributed by atoms with Gasteiger partial charge in [-0.25, -0.2) is 0 Å². The first-order valence-corrected chi connectivity index (χ1v) is 8.79. The zero-order valence-electron chi connectivity index (χ0n) is 13.8. The molecule has 0 spiro atoms. The quantitative estimate of drug-likeness (QED) is 0.719. The number of hydrogen-bond acceptors (Lipinski definition) is 3. The van der Waals surface area contributed by atoms with Gasteiger partial charge < -0.3 is 11.1 Å². The van der Waals surface area contributed by atoms with Crippen LogP contribution in [0.25, 0.3) is 10.4 Å². The molecule has 4 nitrogen and oxygen atoms in total. The van der Waals surface area contributed by atoms with E-state index in [0.717, 1.165) is 22.4 Å². The van der Waals surface area contributed by atoms with Crippen LogP contribution in [0, 0.1) is 0 Å². The van der Waals surface area contributed by atoms with E-state index < -0.39 is 5.91 Å². The first-order chi connectivity index (χ1) is 12.1. The first kappa shape index (κ1) is 16.9. The maximum Gasteiger partial charge on any atom is 0.265 e. The summed E-state index contributed by atoms with van der Waals surface area (Å²) in [5.41, 5.74) is 8.54. The minimum atomic E-state index is -0.490. The molecule has 25 heavy (non-hydrogen) atoms. The molecular weight excluding hydrogens is 332 g/mol. The standard InChI is InChI=1S/C20H18N2O2S/c1-2-13-12-17(25-18(13)14-6-4-3-5-7-14)20(24)22-16-10-8-15(9-11-16)19(21)23/h3-12H,2H2,1H3,(H2,21,23)(H,22,24). The number of rotatable bonds is 5. The first-order valence-electron chi connectivity index (χ1n) is 7.98. The molecule has 0 bridgehead atoms. The van der Waals surface area contributed by atoms with E-state index >= 15 is 0 Å². The fraction of sp³-hybridized carbons (Fsp3) is 0.100. The van der Waals surface area contributed by atoms with Crippen LogP contribution in [0.1, 0.15) is 32.5 Å². The molecule has 126 valence electrons. The third kappa shape index (κ3) is 3.78. The van der Waals surface area contributed by atoms with Gasteiger partial charge in [0.1, 0.15) is 0 Å². The van der Waals surface area contributed by atoms with E-state index in [1.54, 1.807) is 24.3 Å². The van der Waals surface area contributed by atoms with Crippen molar-refractivity contribution in [2.45, 2.75) is 13.3 Å². The Labute approximate surface area is 150 Å². The molecular formula is C20H18N2O2S. The lowest BCUT2D eigenvalue weighted by molar-refractivity contribution is 0.0998. The van der Waals surface area contributed by atoms with Crippen molar-refractivity contribution < 1.29 is 9.59 Å².